The Morgan fingerprint density at radius 2 is 1.96 bits per heavy atom. The normalized spacial score (nSPS) is 20.3. The van der Waals surface area contributed by atoms with Gasteiger partial charge in [-0.1, -0.05) is 6.92 Å². The molecule has 9 nitrogen and oxygen atoms in total. The highest BCUT2D eigenvalue weighted by Gasteiger charge is 2.36. The molecule has 0 bridgehead atoms. The third kappa shape index (κ3) is 3.02. The number of hydrogen-bond donors (Lipinski definition) is 1. The van der Waals surface area contributed by atoms with Crippen molar-refractivity contribution in [2.45, 2.75) is 45.1 Å². The van der Waals surface area contributed by atoms with E-state index in [0.717, 1.165) is 29.1 Å². The minimum absolute atomic E-state index is 0.173. The average molecular weight is 371 g/mol. The Balaban J connectivity index is 1.59. The van der Waals surface area contributed by atoms with Crippen molar-refractivity contribution in [3.05, 3.63) is 33.9 Å². The lowest BCUT2D eigenvalue weighted by Gasteiger charge is -2.25. The maximum absolute atomic E-state index is 12.7. The molecule has 0 spiro atoms. The summed E-state index contributed by atoms with van der Waals surface area (Å²) in [7, 11) is 0. The highest BCUT2D eigenvalue weighted by molar-refractivity contribution is 6.04. The third-order valence-corrected chi connectivity index (χ3v) is 5.27. The van der Waals surface area contributed by atoms with Crippen LogP contribution in [0, 0.1) is 0 Å². The summed E-state index contributed by atoms with van der Waals surface area (Å²) in [5.41, 5.74) is 1.79. The zero-order valence-electron chi connectivity index (χ0n) is 15.1. The number of amides is 3. The Morgan fingerprint density at radius 1 is 1.22 bits per heavy atom. The van der Waals surface area contributed by atoms with Crippen LogP contribution in [-0.2, 0) is 20.8 Å². The van der Waals surface area contributed by atoms with Crippen molar-refractivity contribution < 1.29 is 14.4 Å². The number of H-pyrrole nitrogens is 1. The number of nitrogens with zero attached hydrogens (tertiary/aromatic N) is 4. The first-order valence-electron chi connectivity index (χ1n) is 9.22. The number of hydrogen-bond acceptors (Lipinski definition) is 5. The van der Waals surface area contributed by atoms with Gasteiger partial charge in [-0.05, 0) is 19.3 Å². The van der Waals surface area contributed by atoms with Crippen LogP contribution in [0.1, 0.15) is 50.0 Å². The van der Waals surface area contributed by atoms with Crippen molar-refractivity contribution in [2.75, 3.05) is 13.1 Å². The molecule has 2 aromatic rings. The van der Waals surface area contributed by atoms with Crippen molar-refractivity contribution in [1.29, 1.82) is 0 Å². The lowest BCUT2D eigenvalue weighted by atomic mass is 10.1. The van der Waals surface area contributed by atoms with Gasteiger partial charge < -0.3 is 4.90 Å². The number of aromatic amines is 1. The van der Waals surface area contributed by atoms with Crippen molar-refractivity contribution in [3.63, 3.8) is 0 Å². The first kappa shape index (κ1) is 17.4. The van der Waals surface area contributed by atoms with Crippen LogP contribution < -0.4 is 5.56 Å². The fraction of sp³-hybridized carbons (Fsp3) is 0.500. The van der Waals surface area contributed by atoms with Gasteiger partial charge in [-0.25, -0.2) is 9.50 Å². The fourth-order valence-corrected chi connectivity index (χ4v) is 3.82. The molecule has 2 aliphatic rings. The first-order chi connectivity index (χ1) is 13.0. The number of fused-ring (bicyclic) bond motifs is 1. The molecule has 142 valence electrons. The van der Waals surface area contributed by atoms with E-state index >= 15 is 0 Å². The van der Waals surface area contributed by atoms with Crippen LogP contribution in [0.15, 0.2) is 16.9 Å². The Hall–Kier alpha value is -2.97. The van der Waals surface area contributed by atoms with E-state index in [0.29, 0.717) is 18.6 Å². The molecule has 1 atom stereocenters. The summed E-state index contributed by atoms with van der Waals surface area (Å²) in [6.45, 7) is 2.27. The molecular weight excluding hydrogens is 350 g/mol. The van der Waals surface area contributed by atoms with E-state index in [1.165, 1.54) is 10.6 Å². The molecule has 27 heavy (non-hydrogen) atoms. The quantitative estimate of drug-likeness (QED) is 0.783. The van der Waals surface area contributed by atoms with Gasteiger partial charge in [0.25, 0.3) is 5.56 Å². The molecule has 9 heteroatoms. The van der Waals surface area contributed by atoms with Gasteiger partial charge in [0, 0.05) is 37.2 Å². The van der Waals surface area contributed by atoms with Gasteiger partial charge in [0.1, 0.15) is 6.54 Å². The molecule has 0 aromatic carbocycles. The van der Waals surface area contributed by atoms with Gasteiger partial charge in [0.05, 0.1) is 11.7 Å². The minimum Gasteiger partial charge on any atom is -0.333 e. The van der Waals surface area contributed by atoms with E-state index in [1.807, 2.05) is 6.92 Å². The Kier molecular flexibility index (Phi) is 4.29. The van der Waals surface area contributed by atoms with E-state index < -0.39 is 0 Å². The largest absolute Gasteiger partial charge is 0.333 e. The third-order valence-electron chi connectivity index (χ3n) is 5.27. The minimum atomic E-state index is -0.294. The summed E-state index contributed by atoms with van der Waals surface area (Å²) in [6.07, 6.45) is 2.57. The number of carbonyl (C=O) groups excluding carboxylic acids is 3. The number of rotatable bonds is 4. The SMILES string of the molecule is CCc1cc(=O)n2[nH]c([C@@H]3CCCN3C(=O)CN3C(=O)CCC3=O)cc2n1. The zero-order valence-corrected chi connectivity index (χ0v) is 15.1. The number of carbonyl (C=O) groups is 3. The highest BCUT2D eigenvalue weighted by atomic mass is 16.2. The van der Waals surface area contributed by atoms with Crippen molar-refractivity contribution in [1.82, 2.24) is 24.4 Å². The second-order valence-corrected chi connectivity index (χ2v) is 6.96. The average Bonchev–Trinajstić information content (AvgIpc) is 3.35. The predicted molar refractivity (Wildman–Crippen MR) is 94.8 cm³/mol. The summed E-state index contributed by atoms with van der Waals surface area (Å²) < 4.78 is 1.38. The second kappa shape index (κ2) is 6.64. The summed E-state index contributed by atoms with van der Waals surface area (Å²) in [5.74, 6) is -0.843. The van der Waals surface area contributed by atoms with Crippen LogP contribution in [0.3, 0.4) is 0 Å². The standard InChI is InChI=1S/C18H21N5O4/c1-2-11-8-17(26)23-14(19-11)9-12(20-23)13-4-3-7-21(13)18(27)10-22-15(24)5-6-16(22)25/h8-9,13,20H,2-7,10H2,1H3/t13-/m0/s1. The molecule has 0 unspecified atom stereocenters. The molecule has 0 radical (unpaired) electrons. The molecule has 3 amide bonds. The second-order valence-electron chi connectivity index (χ2n) is 6.96. The van der Waals surface area contributed by atoms with Crippen LogP contribution in [0.5, 0.6) is 0 Å². The van der Waals surface area contributed by atoms with Gasteiger partial charge in [-0.15, -0.1) is 0 Å². The topological polar surface area (TPSA) is 108 Å². The number of aromatic nitrogens is 3. The molecule has 2 aromatic heterocycles. The first-order valence-corrected chi connectivity index (χ1v) is 9.22. The summed E-state index contributed by atoms with van der Waals surface area (Å²) in [6, 6.07) is 3.06. The monoisotopic (exact) mass is 371 g/mol. The molecule has 4 rings (SSSR count). The molecule has 0 saturated carbocycles. The molecule has 0 aliphatic carbocycles. The zero-order chi connectivity index (χ0) is 19.1. The van der Waals surface area contributed by atoms with E-state index in [4.69, 9.17) is 0 Å². The summed E-state index contributed by atoms with van der Waals surface area (Å²) >= 11 is 0. The van der Waals surface area contributed by atoms with Gasteiger partial charge >= 0.3 is 0 Å². The molecule has 2 fully saturated rings. The smallest absolute Gasteiger partial charge is 0.272 e. The Labute approximate surface area is 154 Å². The van der Waals surface area contributed by atoms with Gasteiger partial charge in [-0.3, -0.25) is 29.2 Å². The van der Waals surface area contributed by atoms with E-state index in [1.54, 1.807) is 11.0 Å². The molecular formula is C18H21N5O4. The van der Waals surface area contributed by atoms with Crippen molar-refractivity contribution in [3.8, 4) is 0 Å². The van der Waals surface area contributed by atoms with Crippen LogP contribution in [0.25, 0.3) is 5.65 Å². The number of nitrogens with one attached hydrogen (secondary N) is 1. The van der Waals surface area contributed by atoms with Gasteiger partial charge in [-0.2, -0.15) is 0 Å². The number of imide groups is 1. The van der Waals surface area contributed by atoms with Crippen molar-refractivity contribution >= 4 is 23.4 Å². The number of aryl methyl sites for hydroxylation is 1. The van der Waals surface area contributed by atoms with Crippen LogP contribution in [-0.4, -0.2) is 55.2 Å². The summed E-state index contributed by atoms with van der Waals surface area (Å²) in [5, 5.41) is 3.05. The van der Waals surface area contributed by atoms with Gasteiger partial charge in [0.2, 0.25) is 17.7 Å². The lowest BCUT2D eigenvalue weighted by Crippen LogP contribution is -2.42. The highest BCUT2D eigenvalue weighted by Crippen LogP contribution is 2.31. The maximum atomic E-state index is 12.7. The van der Waals surface area contributed by atoms with E-state index in [-0.39, 0.29) is 48.7 Å². The Morgan fingerprint density at radius 3 is 2.67 bits per heavy atom. The van der Waals surface area contributed by atoms with E-state index in [9.17, 15) is 19.2 Å². The van der Waals surface area contributed by atoms with Crippen LogP contribution in [0.2, 0.25) is 0 Å². The summed E-state index contributed by atoms with van der Waals surface area (Å²) in [4.78, 5) is 55.7. The number of likely N-dealkylation sites (tertiary alicyclic amines) is 2. The molecule has 4 heterocycles. The lowest BCUT2D eigenvalue weighted by molar-refractivity contribution is -0.145. The van der Waals surface area contributed by atoms with Crippen LogP contribution >= 0.6 is 0 Å². The van der Waals surface area contributed by atoms with Crippen molar-refractivity contribution in [2.24, 2.45) is 0 Å². The van der Waals surface area contributed by atoms with E-state index in [2.05, 4.69) is 10.1 Å². The fourth-order valence-electron chi connectivity index (χ4n) is 3.82. The predicted octanol–water partition coefficient (Wildman–Crippen LogP) is 0.398. The molecule has 2 aliphatic heterocycles. The van der Waals surface area contributed by atoms with Crippen LogP contribution in [0.4, 0.5) is 0 Å². The molecule has 1 N–H and O–H groups in total. The Bertz CT molecular complexity index is 975. The molecule has 2 saturated heterocycles. The maximum Gasteiger partial charge on any atom is 0.272 e. The van der Waals surface area contributed by atoms with Gasteiger partial charge in [0.15, 0.2) is 5.65 Å².